The van der Waals surface area contributed by atoms with Crippen molar-refractivity contribution in [2.45, 2.75) is 6.43 Å². The van der Waals surface area contributed by atoms with Crippen LogP contribution in [-0.2, 0) is 0 Å². The van der Waals surface area contributed by atoms with E-state index in [1.165, 1.54) is 18.3 Å². The number of aldehydes is 1. The van der Waals surface area contributed by atoms with E-state index in [1.807, 2.05) is 0 Å². The molecule has 1 heterocycles. The van der Waals surface area contributed by atoms with Crippen LogP contribution >= 0.6 is 0 Å². The maximum atomic E-state index is 12.4. The summed E-state index contributed by atoms with van der Waals surface area (Å²) in [5.74, 6) is 0.742. The molecule has 0 atom stereocenters. The molecule has 0 fully saturated rings. The van der Waals surface area contributed by atoms with Gasteiger partial charge in [0.25, 0.3) is 6.43 Å². The van der Waals surface area contributed by atoms with Crippen LogP contribution in [0, 0.1) is 0 Å². The first-order valence-electron chi connectivity index (χ1n) is 5.16. The highest BCUT2D eigenvalue weighted by molar-refractivity contribution is 5.74. The predicted molar refractivity (Wildman–Crippen MR) is 61.1 cm³/mol. The molecule has 3 nitrogen and oxygen atoms in total. The number of ether oxygens (including phenoxy) is 1. The van der Waals surface area contributed by atoms with E-state index in [4.69, 9.17) is 4.74 Å². The topological polar surface area (TPSA) is 39.2 Å². The van der Waals surface area contributed by atoms with Gasteiger partial charge in [-0.1, -0.05) is 0 Å². The molecule has 2 aromatic rings. The summed E-state index contributed by atoms with van der Waals surface area (Å²) >= 11 is 0. The number of carbonyl (C=O) groups is 1. The van der Waals surface area contributed by atoms with Crippen LogP contribution in [0.2, 0.25) is 0 Å². The minimum absolute atomic E-state index is 0.277. The van der Waals surface area contributed by atoms with Crippen LogP contribution in [-0.4, -0.2) is 11.3 Å². The van der Waals surface area contributed by atoms with Gasteiger partial charge in [-0.3, -0.25) is 9.78 Å². The van der Waals surface area contributed by atoms with Crippen molar-refractivity contribution < 1.29 is 18.3 Å². The minimum Gasteiger partial charge on any atom is -0.457 e. The van der Waals surface area contributed by atoms with E-state index in [9.17, 15) is 13.6 Å². The Bertz CT molecular complexity index is 541. The normalized spacial score (nSPS) is 10.4. The molecule has 0 spiro atoms. The van der Waals surface area contributed by atoms with Crippen molar-refractivity contribution in [1.82, 2.24) is 4.98 Å². The molecule has 1 aromatic carbocycles. The average molecular weight is 249 g/mol. The van der Waals surface area contributed by atoms with Crippen LogP contribution in [0.5, 0.6) is 11.5 Å². The van der Waals surface area contributed by atoms with Gasteiger partial charge in [0, 0.05) is 17.8 Å². The second-order valence-electron chi connectivity index (χ2n) is 3.51. The Balaban J connectivity index is 2.17. The molecular formula is C13H9F2NO2. The zero-order chi connectivity index (χ0) is 13.0. The monoisotopic (exact) mass is 249 g/mol. The van der Waals surface area contributed by atoms with Gasteiger partial charge in [-0.05, 0) is 30.3 Å². The highest BCUT2D eigenvalue weighted by Crippen LogP contribution is 2.25. The highest BCUT2D eigenvalue weighted by atomic mass is 19.3. The van der Waals surface area contributed by atoms with Gasteiger partial charge < -0.3 is 4.74 Å². The van der Waals surface area contributed by atoms with Gasteiger partial charge in [0.2, 0.25) is 0 Å². The summed E-state index contributed by atoms with van der Waals surface area (Å²) in [5, 5.41) is 0. The SMILES string of the molecule is O=Cc1ccc(Oc2ccnc(C(F)F)c2)cc1. The van der Waals surface area contributed by atoms with Crippen LogP contribution in [0.4, 0.5) is 8.78 Å². The Hall–Kier alpha value is -2.30. The third-order valence-electron chi connectivity index (χ3n) is 2.23. The fraction of sp³-hybridized carbons (Fsp3) is 0.0769. The van der Waals surface area contributed by atoms with Crippen LogP contribution in [0.3, 0.4) is 0 Å². The summed E-state index contributed by atoms with van der Waals surface area (Å²) in [6.07, 6.45) is -0.659. The number of halogens is 2. The standard InChI is InChI=1S/C13H9F2NO2/c14-13(15)12-7-11(5-6-16-12)18-10-3-1-9(8-17)2-4-10/h1-8,13H. The first-order chi connectivity index (χ1) is 8.69. The van der Waals surface area contributed by atoms with E-state index < -0.39 is 6.43 Å². The lowest BCUT2D eigenvalue weighted by molar-refractivity contribution is 0.112. The van der Waals surface area contributed by atoms with Crippen molar-refractivity contribution in [1.29, 1.82) is 0 Å². The van der Waals surface area contributed by atoms with Gasteiger partial charge in [0.1, 0.15) is 23.5 Å². The third kappa shape index (κ3) is 2.88. The maximum Gasteiger partial charge on any atom is 0.280 e. The molecule has 18 heavy (non-hydrogen) atoms. The molecule has 0 bridgehead atoms. The van der Waals surface area contributed by atoms with Crippen molar-refractivity contribution >= 4 is 6.29 Å². The molecule has 0 aliphatic rings. The van der Waals surface area contributed by atoms with E-state index in [0.29, 0.717) is 17.6 Å². The molecule has 0 aliphatic carbocycles. The lowest BCUT2D eigenvalue weighted by atomic mass is 10.2. The predicted octanol–water partition coefficient (Wildman–Crippen LogP) is 3.62. The first-order valence-corrected chi connectivity index (χ1v) is 5.16. The number of carbonyl (C=O) groups excluding carboxylic acids is 1. The fourth-order valence-corrected chi connectivity index (χ4v) is 1.36. The Labute approximate surface area is 102 Å². The highest BCUT2D eigenvalue weighted by Gasteiger charge is 2.09. The summed E-state index contributed by atoms with van der Waals surface area (Å²) in [6.45, 7) is 0. The number of nitrogens with zero attached hydrogens (tertiary/aromatic N) is 1. The molecule has 0 unspecified atom stereocenters. The zero-order valence-electron chi connectivity index (χ0n) is 9.22. The smallest absolute Gasteiger partial charge is 0.280 e. The van der Waals surface area contributed by atoms with Crippen molar-refractivity contribution in [3.05, 3.63) is 53.9 Å². The van der Waals surface area contributed by atoms with E-state index in [1.54, 1.807) is 24.3 Å². The Morgan fingerprint density at radius 1 is 1.11 bits per heavy atom. The quantitative estimate of drug-likeness (QED) is 0.777. The maximum absolute atomic E-state index is 12.4. The summed E-state index contributed by atoms with van der Waals surface area (Å²) in [4.78, 5) is 14.0. The number of hydrogen-bond acceptors (Lipinski definition) is 3. The van der Waals surface area contributed by atoms with E-state index >= 15 is 0 Å². The van der Waals surface area contributed by atoms with E-state index in [-0.39, 0.29) is 11.4 Å². The van der Waals surface area contributed by atoms with Crippen LogP contribution in [0.15, 0.2) is 42.6 Å². The molecule has 0 aliphatic heterocycles. The van der Waals surface area contributed by atoms with Crippen LogP contribution in [0.25, 0.3) is 0 Å². The summed E-state index contributed by atoms with van der Waals surface area (Å²) in [7, 11) is 0. The zero-order valence-corrected chi connectivity index (χ0v) is 9.22. The second-order valence-corrected chi connectivity index (χ2v) is 3.51. The average Bonchev–Trinajstić information content (AvgIpc) is 2.40. The number of rotatable bonds is 4. The van der Waals surface area contributed by atoms with Gasteiger partial charge in [0.05, 0.1) is 0 Å². The number of aromatic nitrogens is 1. The minimum atomic E-state index is -2.63. The van der Waals surface area contributed by atoms with Gasteiger partial charge in [-0.15, -0.1) is 0 Å². The Morgan fingerprint density at radius 3 is 2.44 bits per heavy atom. The van der Waals surface area contributed by atoms with Gasteiger partial charge >= 0.3 is 0 Å². The van der Waals surface area contributed by atoms with Crippen molar-refractivity contribution in [3.8, 4) is 11.5 Å². The number of benzene rings is 1. The molecule has 0 saturated carbocycles. The van der Waals surface area contributed by atoms with E-state index in [0.717, 1.165) is 0 Å². The lowest BCUT2D eigenvalue weighted by Gasteiger charge is -2.06. The van der Waals surface area contributed by atoms with Crippen LogP contribution in [0.1, 0.15) is 22.5 Å². The molecule has 0 amide bonds. The largest absolute Gasteiger partial charge is 0.457 e. The number of pyridine rings is 1. The Morgan fingerprint density at radius 2 is 1.83 bits per heavy atom. The molecule has 0 N–H and O–H groups in total. The summed E-state index contributed by atoms with van der Waals surface area (Å²) in [5.41, 5.74) is 0.183. The third-order valence-corrected chi connectivity index (χ3v) is 2.23. The molecular weight excluding hydrogens is 240 g/mol. The summed E-state index contributed by atoms with van der Waals surface area (Å²) < 4.78 is 30.2. The van der Waals surface area contributed by atoms with Gasteiger partial charge in [-0.25, -0.2) is 8.78 Å². The molecule has 5 heteroatoms. The fourth-order valence-electron chi connectivity index (χ4n) is 1.36. The van der Waals surface area contributed by atoms with Crippen molar-refractivity contribution in [3.63, 3.8) is 0 Å². The lowest BCUT2D eigenvalue weighted by Crippen LogP contribution is -1.91. The second kappa shape index (κ2) is 5.35. The van der Waals surface area contributed by atoms with E-state index in [2.05, 4.69) is 4.98 Å². The summed E-state index contributed by atoms with van der Waals surface area (Å²) in [6, 6.07) is 9.01. The molecule has 1 aromatic heterocycles. The number of alkyl halides is 2. The van der Waals surface area contributed by atoms with Crippen molar-refractivity contribution in [2.24, 2.45) is 0 Å². The van der Waals surface area contributed by atoms with Gasteiger partial charge in [-0.2, -0.15) is 0 Å². The molecule has 92 valence electrons. The first kappa shape index (κ1) is 12.2. The molecule has 0 saturated heterocycles. The van der Waals surface area contributed by atoms with Crippen molar-refractivity contribution in [2.75, 3.05) is 0 Å². The number of hydrogen-bond donors (Lipinski definition) is 0. The van der Waals surface area contributed by atoms with Crippen LogP contribution < -0.4 is 4.74 Å². The molecule has 0 radical (unpaired) electrons. The molecule has 2 rings (SSSR count). The van der Waals surface area contributed by atoms with Gasteiger partial charge in [0.15, 0.2) is 0 Å². The Kier molecular flexibility index (Phi) is 3.62.